The van der Waals surface area contributed by atoms with Crippen LogP contribution in [0.5, 0.6) is 11.5 Å². The Kier molecular flexibility index (Phi) is 13.1. The van der Waals surface area contributed by atoms with Gasteiger partial charge in [-0.2, -0.15) is 0 Å². The number of nitrogens with one attached hydrogen (secondary N) is 3. The first-order valence-corrected chi connectivity index (χ1v) is 17.3. The van der Waals surface area contributed by atoms with Crippen LogP contribution < -0.4 is 20.7 Å². The van der Waals surface area contributed by atoms with Gasteiger partial charge in [-0.3, -0.25) is 19.6 Å². The summed E-state index contributed by atoms with van der Waals surface area (Å²) < 4.78 is 40.1. The highest BCUT2D eigenvalue weighted by Crippen LogP contribution is 2.48. The lowest BCUT2D eigenvalue weighted by Crippen LogP contribution is -2.39. The number of carboxylic acid groups (broad SMARTS) is 2. The summed E-state index contributed by atoms with van der Waals surface area (Å²) in [6, 6.07) is 16.9. The first kappa shape index (κ1) is 40.3. The number of rotatable bonds is 15. The molecule has 1 aliphatic carbocycles. The van der Waals surface area contributed by atoms with Crippen LogP contribution in [0.1, 0.15) is 18.4 Å². The number of carboxylic acids is 2. The van der Waals surface area contributed by atoms with Gasteiger partial charge in [0.15, 0.2) is 23.8 Å². The Labute approximate surface area is 315 Å². The predicted octanol–water partition coefficient (Wildman–Crippen LogP) is 4.40. The predicted molar refractivity (Wildman–Crippen MR) is 196 cm³/mol. The number of ether oxygens (including phenoxy) is 2. The number of amides is 2. The lowest BCUT2D eigenvalue weighted by molar-refractivity contribution is -0.165. The Morgan fingerprint density at radius 2 is 1.51 bits per heavy atom. The Morgan fingerprint density at radius 1 is 0.855 bits per heavy atom. The van der Waals surface area contributed by atoms with Crippen molar-refractivity contribution in [2.45, 2.75) is 31.6 Å². The van der Waals surface area contributed by atoms with E-state index in [-0.39, 0.29) is 11.4 Å². The number of pyridine rings is 2. The van der Waals surface area contributed by atoms with E-state index in [1.54, 1.807) is 19.4 Å². The number of aliphatic hydroxyl groups excluding tert-OH is 2. The van der Waals surface area contributed by atoms with E-state index in [1.807, 2.05) is 24.4 Å². The number of carbonyl (C=O) groups is 4. The van der Waals surface area contributed by atoms with E-state index in [0.29, 0.717) is 42.9 Å². The Morgan fingerprint density at radius 3 is 2.09 bits per heavy atom. The monoisotopic (exact) mass is 779 g/mol. The van der Waals surface area contributed by atoms with Gasteiger partial charge in [0.1, 0.15) is 17.0 Å². The van der Waals surface area contributed by atoms with Crippen LogP contribution in [0, 0.1) is 17.0 Å². The summed E-state index contributed by atoms with van der Waals surface area (Å²) in [4.78, 5) is 55.3. The molecule has 1 fully saturated rings. The van der Waals surface area contributed by atoms with E-state index in [9.17, 15) is 23.6 Å². The van der Waals surface area contributed by atoms with Gasteiger partial charge in [-0.05, 0) is 66.9 Å². The third-order valence-corrected chi connectivity index (χ3v) is 9.36. The maximum atomic E-state index is 15.2. The summed E-state index contributed by atoms with van der Waals surface area (Å²) >= 11 is 1.44. The first-order chi connectivity index (χ1) is 26.3. The molecule has 7 N–H and O–H groups in total. The number of thiophene rings is 1. The zero-order valence-electron chi connectivity index (χ0n) is 29.0. The number of anilines is 2. The third kappa shape index (κ3) is 10.2. The molecule has 2 amide bonds. The zero-order chi connectivity index (χ0) is 39.7. The van der Waals surface area contributed by atoms with Gasteiger partial charge in [0, 0.05) is 56.1 Å². The molecule has 0 bridgehead atoms. The topological polar surface area (TPSA) is 230 Å². The maximum Gasteiger partial charge on any atom is 0.335 e. The minimum Gasteiger partial charge on any atom is -0.479 e. The summed E-state index contributed by atoms with van der Waals surface area (Å²) in [6.07, 6.45) is -0.419. The van der Waals surface area contributed by atoms with Crippen molar-refractivity contribution >= 4 is 56.7 Å². The Balaban J connectivity index is 0.000000511. The second kappa shape index (κ2) is 17.9. The molecule has 1 saturated carbocycles. The van der Waals surface area contributed by atoms with Crippen LogP contribution in [0.2, 0.25) is 0 Å². The summed E-state index contributed by atoms with van der Waals surface area (Å²) in [6.45, 7) is 2.07. The van der Waals surface area contributed by atoms with Crippen LogP contribution in [-0.4, -0.2) is 86.6 Å². The van der Waals surface area contributed by atoms with Crippen molar-refractivity contribution in [2.75, 3.05) is 30.9 Å². The molecule has 2 aromatic carbocycles. The second-order valence-electron chi connectivity index (χ2n) is 12.2. The Hall–Kier alpha value is -5.92. The summed E-state index contributed by atoms with van der Waals surface area (Å²) in [5.74, 6) is -5.30. The van der Waals surface area contributed by atoms with Crippen molar-refractivity contribution in [2.24, 2.45) is 5.41 Å². The molecule has 55 heavy (non-hydrogen) atoms. The van der Waals surface area contributed by atoms with Crippen LogP contribution in [0.4, 0.5) is 20.2 Å². The van der Waals surface area contributed by atoms with Gasteiger partial charge in [-0.25, -0.2) is 18.4 Å². The molecule has 288 valence electrons. The van der Waals surface area contributed by atoms with Gasteiger partial charge in [-0.15, -0.1) is 11.3 Å². The van der Waals surface area contributed by atoms with Gasteiger partial charge in [0.25, 0.3) is 0 Å². The molecule has 2 atom stereocenters. The fraction of sp³-hybridized carbons (Fsp3) is 0.243. The third-order valence-electron chi connectivity index (χ3n) is 8.20. The van der Waals surface area contributed by atoms with Gasteiger partial charge < -0.3 is 45.9 Å². The van der Waals surface area contributed by atoms with Crippen molar-refractivity contribution in [3.8, 4) is 22.1 Å². The molecule has 0 aliphatic heterocycles. The van der Waals surface area contributed by atoms with Crippen LogP contribution in [-0.2, 0) is 30.5 Å². The largest absolute Gasteiger partial charge is 0.479 e. The average Bonchev–Trinajstić information content (AvgIpc) is 3.88. The number of hydrogen-bond donors (Lipinski definition) is 7. The molecule has 15 nitrogen and oxygen atoms in total. The molecule has 3 aromatic heterocycles. The van der Waals surface area contributed by atoms with Crippen molar-refractivity contribution in [3.05, 3.63) is 96.3 Å². The molecule has 0 saturated heterocycles. The number of hydrogen-bond acceptors (Lipinski definition) is 12. The number of benzene rings is 2. The van der Waals surface area contributed by atoms with Crippen LogP contribution in [0.15, 0.2) is 79.1 Å². The molecule has 2 unspecified atom stereocenters. The van der Waals surface area contributed by atoms with E-state index in [2.05, 4.69) is 25.9 Å². The van der Waals surface area contributed by atoms with E-state index in [1.165, 1.54) is 47.7 Å². The Bertz CT molecular complexity index is 2150. The standard InChI is InChI=1S/C33H29F2N5O4S.C4H6O6/c1-43-15-14-36-18-20-2-8-25(38-19-20)29-17-26-30(45-29)28(10-13-37-26)44-27-9-7-23(16-24(27)35)40-32(42)33(11-12-33)31(41)39-22-5-3-21(34)4-6-22;5-1(3(7)8)2(6)4(9)10/h2-10,13,16-17,19,36H,11-12,14-15,18H2,1H3,(H,39,41)(H,40,42);1-2,5-6H,(H,7,8)(H,9,10). The molecule has 18 heteroatoms. The summed E-state index contributed by atoms with van der Waals surface area (Å²) in [5.41, 5.74) is 1.83. The highest BCUT2D eigenvalue weighted by atomic mass is 32.1. The number of aromatic nitrogens is 2. The molecule has 0 spiro atoms. The normalized spacial score (nSPS) is 13.8. The molecule has 1 aliphatic rings. The quantitative estimate of drug-likeness (QED) is 0.0578. The van der Waals surface area contributed by atoms with Crippen LogP contribution in [0.25, 0.3) is 20.8 Å². The van der Waals surface area contributed by atoms with Gasteiger partial charge in [0.05, 0.1) is 27.4 Å². The average molecular weight is 780 g/mol. The first-order valence-electron chi connectivity index (χ1n) is 16.5. The lowest BCUT2D eigenvalue weighted by atomic mass is 10.0. The maximum absolute atomic E-state index is 15.2. The number of aliphatic hydroxyl groups is 2. The number of halogens is 2. The van der Waals surface area contributed by atoms with Crippen molar-refractivity contribution < 1.29 is 57.9 Å². The summed E-state index contributed by atoms with van der Waals surface area (Å²) in [5, 5.41) is 41.1. The zero-order valence-corrected chi connectivity index (χ0v) is 29.8. The van der Waals surface area contributed by atoms with Gasteiger partial charge in [-0.1, -0.05) is 6.07 Å². The number of fused-ring (bicyclic) bond motifs is 1. The van der Waals surface area contributed by atoms with Crippen LogP contribution >= 0.6 is 11.3 Å². The van der Waals surface area contributed by atoms with Gasteiger partial charge >= 0.3 is 11.9 Å². The van der Waals surface area contributed by atoms with E-state index < -0.39 is 53.0 Å². The second-order valence-corrected chi connectivity index (χ2v) is 13.2. The molecule has 0 radical (unpaired) electrons. The highest BCUT2D eigenvalue weighted by Gasteiger charge is 2.56. The van der Waals surface area contributed by atoms with E-state index in [0.717, 1.165) is 33.4 Å². The smallest absolute Gasteiger partial charge is 0.335 e. The van der Waals surface area contributed by atoms with E-state index >= 15 is 4.39 Å². The number of carbonyl (C=O) groups excluding carboxylic acids is 2. The van der Waals surface area contributed by atoms with Crippen molar-refractivity contribution in [1.29, 1.82) is 0 Å². The molecule has 5 aromatic rings. The summed E-state index contributed by atoms with van der Waals surface area (Å²) in [7, 11) is 1.66. The highest BCUT2D eigenvalue weighted by molar-refractivity contribution is 7.22. The van der Waals surface area contributed by atoms with Crippen LogP contribution in [0.3, 0.4) is 0 Å². The lowest BCUT2D eigenvalue weighted by Gasteiger charge is -2.16. The molecular formula is C37H35F2N5O10S. The number of methoxy groups -OCH3 is 1. The minimum atomic E-state index is -2.27. The molecular weight excluding hydrogens is 744 g/mol. The van der Waals surface area contributed by atoms with Gasteiger partial charge in [0.2, 0.25) is 11.8 Å². The molecule has 6 rings (SSSR count). The van der Waals surface area contributed by atoms with E-state index in [4.69, 9.17) is 29.9 Å². The van der Waals surface area contributed by atoms with Crippen molar-refractivity contribution in [1.82, 2.24) is 15.3 Å². The number of aliphatic carboxylic acids is 2. The fourth-order valence-corrected chi connectivity index (χ4v) is 6.01. The van der Waals surface area contributed by atoms with Crippen molar-refractivity contribution in [3.63, 3.8) is 0 Å². The molecule has 3 heterocycles. The SMILES string of the molecule is COCCNCc1ccc(-c2cc3nccc(Oc4ccc(NC(=O)C5(C(=O)Nc6ccc(F)cc6)CC5)cc4F)c3s2)nc1.O=C(O)C(O)C(O)C(=O)O. The minimum absolute atomic E-state index is 0.0333. The fourth-order valence-electron chi connectivity index (χ4n) is 4.97. The number of nitrogens with zero attached hydrogens (tertiary/aromatic N) is 2.